The van der Waals surface area contributed by atoms with Gasteiger partial charge < -0.3 is 5.32 Å². The predicted molar refractivity (Wildman–Crippen MR) is 97.5 cm³/mol. The summed E-state index contributed by atoms with van der Waals surface area (Å²) in [7, 11) is 0. The quantitative estimate of drug-likeness (QED) is 0.761. The van der Waals surface area contributed by atoms with E-state index in [0.29, 0.717) is 23.4 Å². The molecule has 0 unspecified atom stereocenters. The van der Waals surface area contributed by atoms with Crippen molar-refractivity contribution >= 4 is 18.1 Å². The van der Waals surface area contributed by atoms with Crippen LogP contribution in [0.15, 0.2) is 24.3 Å². The number of carbonyl (C=O) groups excluding carboxylic acids is 1. The lowest BCUT2D eigenvalue weighted by molar-refractivity contribution is -0.184. The first kappa shape index (κ1) is 19.6. The van der Waals surface area contributed by atoms with Gasteiger partial charge in [0.05, 0.1) is 5.92 Å². The first-order valence-corrected chi connectivity index (χ1v) is 9.23. The molecule has 1 aliphatic carbocycles. The summed E-state index contributed by atoms with van der Waals surface area (Å²) in [5, 5.41) is 9.60. The highest BCUT2D eigenvalue weighted by Gasteiger charge is 2.42. The van der Waals surface area contributed by atoms with Gasteiger partial charge in [0.1, 0.15) is 6.54 Å². The van der Waals surface area contributed by atoms with Gasteiger partial charge in [0.15, 0.2) is 10.6 Å². The number of aromatic nitrogens is 3. The van der Waals surface area contributed by atoms with Crippen molar-refractivity contribution in [1.29, 1.82) is 0 Å². The summed E-state index contributed by atoms with van der Waals surface area (Å²) in [5.74, 6) is -1.19. The smallest absolute Gasteiger partial charge is 0.352 e. The van der Waals surface area contributed by atoms with E-state index in [-0.39, 0.29) is 25.3 Å². The summed E-state index contributed by atoms with van der Waals surface area (Å²) in [6.07, 6.45) is -3.15. The maximum atomic E-state index is 12.9. The van der Waals surface area contributed by atoms with E-state index in [1.165, 1.54) is 0 Å². The number of aryl methyl sites for hydroxylation is 1. The molecule has 1 fully saturated rings. The molecule has 1 aromatic heterocycles. The third-order valence-corrected chi connectivity index (χ3v) is 5.15. The summed E-state index contributed by atoms with van der Waals surface area (Å²) in [5.41, 5.74) is 1.85. The van der Waals surface area contributed by atoms with Gasteiger partial charge in [0.25, 0.3) is 0 Å². The van der Waals surface area contributed by atoms with Crippen molar-refractivity contribution in [2.45, 2.75) is 51.4 Å². The fourth-order valence-electron chi connectivity index (χ4n) is 3.50. The van der Waals surface area contributed by atoms with E-state index in [0.717, 1.165) is 11.1 Å². The van der Waals surface area contributed by atoms with Crippen LogP contribution in [-0.2, 0) is 11.3 Å². The third-order valence-electron chi connectivity index (χ3n) is 4.84. The van der Waals surface area contributed by atoms with E-state index in [1.807, 2.05) is 31.2 Å². The molecule has 1 saturated carbocycles. The van der Waals surface area contributed by atoms with E-state index >= 15 is 0 Å². The number of nitrogens with zero attached hydrogens (tertiary/aromatic N) is 2. The van der Waals surface area contributed by atoms with Crippen LogP contribution in [0.25, 0.3) is 11.4 Å². The zero-order valence-electron chi connectivity index (χ0n) is 14.8. The molecule has 0 radical (unpaired) electrons. The molecule has 1 amide bonds. The number of aromatic amines is 1. The molecule has 9 heteroatoms. The van der Waals surface area contributed by atoms with Crippen molar-refractivity contribution < 1.29 is 18.0 Å². The standard InChI is InChI=1S/C18H21F3N4OS/c1-11-4-2-5-12(8-11)16-23-24-17(27)25(16)10-15(26)22-14-7-3-6-13(9-14)18(19,20)21/h2,4-5,8,13-14H,3,6-7,9-10H2,1H3,(H,22,26)(H,24,27)/t13-,14-/m1/s1. The fourth-order valence-corrected chi connectivity index (χ4v) is 3.70. The van der Waals surface area contributed by atoms with Gasteiger partial charge in [-0.1, -0.05) is 30.2 Å². The van der Waals surface area contributed by atoms with E-state index in [1.54, 1.807) is 4.57 Å². The lowest BCUT2D eigenvalue weighted by Crippen LogP contribution is -2.42. The predicted octanol–water partition coefficient (Wildman–Crippen LogP) is 4.15. The van der Waals surface area contributed by atoms with E-state index < -0.39 is 18.1 Å². The third kappa shape index (κ3) is 4.77. The van der Waals surface area contributed by atoms with Crippen LogP contribution in [0.1, 0.15) is 31.2 Å². The highest BCUT2D eigenvalue weighted by atomic mass is 32.1. The summed E-state index contributed by atoms with van der Waals surface area (Å²) >= 11 is 5.21. The lowest BCUT2D eigenvalue weighted by Gasteiger charge is -2.31. The van der Waals surface area contributed by atoms with Crippen LogP contribution in [-0.4, -0.2) is 32.9 Å². The molecular formula is C18H21F3N4OS. The van der Waals surface area contributed by atoms with E-state index in [2.05, 4.69) is 15.5 Å². The van der Waals surface area contributed by atoms with Crippen LogP contribution in [0, 0.1) is 17.6 Å². The Kier molecular flexibility index (Phi) is 5.69. The van der Waals surface area contributed by atoms with Crippen LogP contribution in [0.4, 0.5) is 13.2 Å². The Morgan fingerprint density at radius 1 is 1.41 bits per heavy atom. The number of hydrogen-bond acceptors (Lipinski definition) is 3. The van der Waals surface area contributed by atoms with Gasteiger partial charge in [0.2, 0.25) is 5.91 Å². The van der Waals surface area contributed by atoms with Crippen LogP contribution >= 0.6 is 12.2 Å². The van der Waals surface area contributed by atoms with E-state index in [4.69, 9.17) is 12.2 Å². The first-order chi connectivity index (χ1) is 12.7. The minimum absolute atomic E-state index is 0.0727. The monoisotopic (exact) mass is 398 g/mol. The fraction of sp³-hybridized carbons (Fsp3) is 0.500. The largest absolute Gasteiger partial charge is 0.391 e. The number of alkyl halides is 3. The van der Waals surface area contributed by atoms with Crippen LogP contribution in [0.2, 0.25) is 0 Å². The highest BCUT2D eigenvalue weighted by molar-refractivity contribution is 7.71. The van der Waals surface area contributed by atoms with Crippen LogP contribution < -0.4 is 5.32 Å². The molecule has 0 saturated heterocycles. The Morgan fingerprint density at radius 3 is 2.89 bits per heavy atom. The van der Waals surface area contributed by atoms with Crippen LogP contribution in [0.5, 0.6) is 0 Å². The summed E-state index contributed by atoms with van der Waals surface area (Å²) in [6.45, 7) is 1.85. The Morgan fingerprint density at radius 2 is 2.19 bits per heavy atom. The second-order valence-corrected chi connectivity index (χ2v) is 7.36. The second kappa shape index (κ2) is 7.84. The zero-order chi connectivity index (χ0) is 19.6. The number of benzene rings is 1. The Labute approximate surface area is 160 Å². The average molecular weight is 398 g/mol. The maximum absolute atomic E-state index is 12.9. The van der Waals surface area contributed by atoms with Gasteiger partial charge in [-0.3, -0.25) is 14.5 Å². The number of amides is 1. The van der Waals surface area contributed by atoms with E-state index in [9.17, 15) is 18.0 Å². The number of halogens is 3. The van der Waals surface area contributed by atoms with Gasteiger partial charge in [0, 0.05) is 11.6 Å². The molecule has 1 aliphatic rings. The molecule has 146 valence electrons. The molecule has 1 heterocycles. The molecule has 2 atom stereocenters. The molecule has 2 aromatic rings. The summed E-state index contributed by atoms with van der Waals surface area (Å²) < 4.78 is 40.7. The van der Waals surface area contributed by atoms with Crippen molar-refractivity contribution in [2.24, 2.45) is 5.92 Å². The number of nitrogens with one attached hydrogen (secondary N) is 2. The van der Waals surface area contributed by atoms with Gasteiger partial charge in [-0.15, -0.1) is 0 Å². The SMILES string of the molecule is Cc1cccc(-c2n[nH]c(=S)n2CC(=O)N[C@@H]2CCC[C@@H](C(F)(F)F)C2)c1. The molecule has 0 spiro atoms. The van der Waals surface area contributed by atoms with Gasteiger partial charge in [-0.25, -0.2) is 0 Å². The van der Waals surface area contributed by atoms with Gasteiger partial charge in [-0.05, 0) is 44.5 Å². The number of rotatable bonds is 4. The Bertz CT molecular complexity index is 874. The molecule has 1 aromatic carbocycles. The van der Waals surface area contributed by atoms with Gasteiger partial charge in [-0.2, -0.15) is 18.3 Å². The molecule has 5 nitrogen and oxygen atoms in total. The second-order valence-electron chi connectivity index (χ2n) is 6.98. The van der Waals surface area contributed by atoms with Crippen molar-refractivity contribution in [3.63, 3.8) is 0 Å². The maximum Gasteiger partial charge on any atom is 0.391 e. The van der Waals surface area contributed by atoms with Crippen LogP contribution in [0.3, 0.4) is 0 Å². The molecule has 2 N–H and O–H groups in total. The minimum atomic E-state index is -4.21. The zero-order valence-corrected chi connectivity index (χ0v) is 15.7. The Balaban J connectivity index is 1.70. The summed E-state index contributed by atoms with van der Waals surface area (Å²) in [6, 6.07) is 7.14. The molecule has 27 heavy (non-hydrogen) atoms. The number of carbonyl (C=O) groups is 1. The number of hydrogen-bond donors (Lipinski definition) is 2. The van der Waals surface area contributed by atoms with Crippen molar-refractivity contribution in [1.82, 2.24) is 20.1 Å². The number of H-pyrrole nitrogens is 1. The highest BCUT2D eigenvalue weighted by Crippen LogP contribution is 2.37. The molecule has 0 aliphatic heterocycles. The normalized spacial score (nSPS) is 20.4. The molecule has 0 bridgehead atoms. The van der Waals surface area contributed by atoms with Crippen molar-refractivity contribution in [3.05, 3.63) is 34.6 Å². The van der Waals surface area contributed by atoms with Crippen molar-refractivity contribution in [3.8, 4) is 11.4 Å². The summed E-state index contributed by atoms with van der Waals surface area (Å²) in [4.78, 5) is 12.4. The topological polar surface area (TPSA) is 62.7 Å². The Hall–Kier alpha value is -2.16. The lowest BCUT2D eigenvalue weighted by atomic mass is 9.85. The first-order valence-electron chi connectivity index (χ1n) is 8.82. The molecular weight excluding hydrogens is 377 g/mol. The van der Waals surface area contributed by atoms with Gasteiger partial charge >= 0.3 is 6.18 Å². The van der Waals surface area contributed by atoms with Crippen molar-refractivity contribution in [2.75, 3.05) is 0 Å². The molecule has 3 rings (SSSR count). The minimum Gasteiger partial charge on any atom is -0.352 e. The average Bonchev–Trinajstić information content (AvgIpc) is 2.95.